The number of hydrogen-bond acceptors (Lipinski definition) is 7. The number of benzene rings is 1. The Balaban J connectivity index is 1.74. The minimum absolute atomic E-state index is 0.252. The molecule has 0 fully saturated rings. The zero-order chi connectivity index (χ0) is 13.9. The smallest absolute Gasteiger partial charge is 0.234 e. The molecule has 0 saturated heterocycles. The number of aliphatic hydroxyl groups excluding tert-OH is 2. The van der Waals surface area contributed by atoms with E-state index in [9.17, 15) is 5.11 Å². The standard InChI is InChI=1S/C12H13N5O2S/c18-6-10(19)5-13-9-3-1-8(2-4-9)11-16-17-7-14-15-12(17)20-11/h1-4,7,10,13,18-19H,5-6H2. The van der Waals surface area contributed by atoms with Crippen molar-refractivity contribution < 1.29 is 10.2 Å². The van der Waals surface area contributed by atoms with Gasteiger partial charge in [0.25, 0.3) is 0 Å². The summed E-state index contributed by atoms with van der Waals surface area (Å²) >= 11 is 1.47. The second-order valence-electron chi connectivity index (χ2n) is 4.26. The van der Waals surface area contributed by atoms with Crippen molar-refractivity contribution in [1.82, 2.24) is 19.8 Å². The summed E-state index contributed by atoms with van der Waals surface area (Å²) in [6.07, 6.45) is 0.815. The molecule has 3 N–H and O–H groups in total. The van der Waals surface area contributed by atoms with Crippen LogP contribution in [-0.2, 0) is 0 Å². The van der Waals surface area contributed by atoms with Crippen molar-refractivity contribution in [3.8, 4) is 10.6 Å². The molecule has 2 aromatic heterocycles. The first-order chi connectivity index (χ1) is 9.76. The lowest BCUT2D eigenvalue weighted by atomic mass is 10.2. The Morgan fingerprint density at radius 2 is 2.10 bits per heavy atom. The van der Waals surface area contributed by atoms with Crippen LogP contribution < -0.4 is 5.32 Å². The molecular formula is C12H13N5O2S. The molecule has 8 heteroatoms. The maximum absolute atomic E-state index is 9.27. The lowest BCUT2D eigenvalue weighted by molar-refractivity contribution is 0.105. The molecule has 0 amide bonds. The molecule has 0 aliphatic heterocycles. The van der Waals surface area contributed by atoms with Gasteiger partial charge in [-0.1, -0.05) is 11.3 Å². The summed E-state index contributed by atoms with van der Waals surface area (Å²) in [5, 5.41) is 34.0. The fourth-order valence-corrected chi connectivity index (χ4v) is 2.53. The van der Waals surface area contributed by atoms with Crippen LogP contribution in [0.3, 0.4) is 0 Å². The SMILES string of the molecule is OCC(O)CNc1ccc(-c2nn3cnnc3s2)cc1. The molecule has 0 aliphatic rings. The largest absolute Gasteiger partial charge is 0.394 e. The zero-order valence-electron chi connectivity index (χ0n) is 10.5. The number of hydrogen-bond donors (Lipinski definition) is 3. The Bertz CT molecular complexity index is 665. The van der Waals surface area contributed by atoms with Gasteiger partial charge in [-0.15, -0.1) is 10.2 Å². The van der Waals surface area contributed by atoms with E-state index in [1.54, 1.807) is 10.8 Å². The molecule has 2 heterocycles. The van der Waals surface area contributed by atoms with Crippen LogP contribution in [0.5, 0.6) is 0 Å². The first-order valence-electron chi connectivity index (χ1n) is 6.06. The summed E-state index contributed by atoms with van der Waals surface area (Å²) in [7, 11) is 0. The van der Waals surface area contributed by atoms with E-state index in [0.717, 1.165) is 21.2 Å². The third kappa shape index (κ3) is 2.62. The van der Waals surface area contributed by atoms with Gasteiger partial charge in [0.1, 0.15) is 11.3 Å². The van der Waals surface area contributed by atoms with Crippen LogP contribution in [0.15, 0.2) is 30.6 Å². The minimum atomic E-state index is -0.756. The Kier molecular flexibility index (Phi) is 3.59. The monoisotopic (exact) mass is 291 g/mol. The molecule has 0 bridgehead atoms. The fraction of sp³-hybridized carbons (Fsp3) is 0.250. The van der Waals surface area contributed by atoms with Crippen LogP contribution in [0.25, 0.3) is 15.5 Å². The number of aliphatic hydroxyl groups is 2. The summed E-state index contributed by atoms with van der Waals surface area (Å²) < 4.78 is 1.64. The number of anilines is 1. The highest BCUT2D eigenvalue weighted by Crippen LogP contribution is 2.25. The predicted octanol–water partition coefficient (Wildman–Crippen LogP) is 0.618. The maximum atomic E-state index is 9.27. The van der Waals surface area contributed by atoms with Gasteiger partial charge in [-0.2, -0.15) is 9.61 Å². The number of aromatic nitrogens is 4. The molecule has 0 spiro atoms. The molecule has 20 heavy (non-hydrogen) atoms. The van der Waals surface area contributed by atoms with E-state index in [-0.39, 0.29) is 6.61 Å². The van der Waals surface area contributed by atoms with Crippen molar-refractivity contribution in [2.45, 2.75) is 6.10 Å². The molecule has 1 atom stereocenters. The highest BCUT2D eigenvalue weighted by atomic mass is 32.1. The van der Waals surface area contributed by atoms with Gasteiger partial charge in [-0.05, 0) is 24.3 Å². The Hall–Kier alpha value is -2.03. The predicted molar refractivity (Wildman–Crippen MR) is 75.7 cm³/mol. The summed E-state index contributed by atoms with van der Waals surface area (Å²) in [6, 6.07) is 7.70. The van der Waals surface area contributed by atoms with Gasteiger partial charge in [-0.25, -0.2) is 0 Å². The first-order valence-corrected chi connectivity index (χ1v) is 6.88. The number of fused-ring (bicyclic) bond motifs is 1. The van der Waals surface area contributed by atoms with Gasteiger partial charge < -0.3 is 15.5 Å². The topological polar surface area (TPSA) is 95.6 Å². The molecule has 104 valence electrons. The molecule has 0 radical (unpaired) electrons. The summed E-state index contributed by atoms with van der Waals surface area (Å²) in [5.41, 5.74) is 1.87. The highest BCUT2D eigenvalue weighted by Gasteiger charge is 2.07. The van der Waals surface area contributed by atoms with E-state index in [4.69, 9.17) is 5.11 Å². The number of nitrogens with one attached hydrogen (secondary N) is 1. The van der Waals surface area contributed by atoms with Gasteiger partial charge in [0.15, 0.2) is 0 Å². The average Bonchev–Trinajstić information content (AvgIpc) is 3.06. The maximum Gasteiger partial charge on any atom is 0.234 e. The Morgan fingerprint density at radius 1 is 1.30 bits per heavy atom. The second kappa shape index (κ2) is 5.53. The average molecular weight is 291 g/mol. The van der Waals surface area contributed by atoms with Gasteiger partial charge in [-0.3, -0.25) is 0 Å². The van der Waals surface area contributed by atoms with E-state index in [1.807, 2.05) is 24.3 Å². The van der Waals surface area contributed by atoms with Crippen molar-refractivity contribution in [3.05, 3.63) is 30.6 Å². The van der Waals surface area contributed by atoms with Crippen molar-refractivity contribution in [1.29, 1.82) is 0 Å². The van der Waals surface area contributed by atoms with Crippen LogP contribution >= 0.6 is 11.3 Å². The molecule has 1 aromatic carbocycles. The van der Waals surface area contributed by atoms with Gasteiger partial charge in [0.05, 0.1) is 12.7 Å². The summed E-state index contributed by atoms with van der Waals surface area (Å²) in [4.78, 5) is 0.758. The van der Waals surface area contributed by atoms with Crippen molar-refractivity contribution in [2.24, 2.45) is 0 Å². The third-order valence-corrected chi connectivity index (χ3v) is 3.73. The number of nitrogens with zero attached hydrogens (tertiary/aromatic N) is 4. The van der Waals surface area contributed by atoms with Crippen LogP contribution in [0, 0.1) is 0 Å². The quantitative estimate of drug-likeness (QED) is 0.638. The molecule has 3 aromatic rings. The van der Waals surface area contributed by atoms with E-state index in [0.29, 0.717) is 6.54 Å². The molecule has 0 saturated carbocycles. The van der Waals surface area contributed by atoms with Gasteiger partial charge >= 0.3 is 0 Å². The third-order valence-electron chi connectivity index (χ3n) is 2.77. The fourth-order valence-electron chi connectivity index (χ4n) is 1.71. The molecular weight excluding hydrogens is 278 g/mol. The van der Waals surface area contributed by atoms with Crippen LogP contribution in [-0.4, -0.2) is 49.3 Å². The first kappa shape index (κ1) is 13.0. The van der Waals surface area contributed by atoms with E-state index in [2.05, 4.69) is 20.6 Å². The van der Waals surface area contributed by atoms with Crippen molar-refractivity contribution >= 4 is 22.0 Å². The second-order valence-corrected chi connectivity index (χ2v) is 5.22. The Labute approximate surface area is 118 Å². The minimum Gasteiger partial charge on any atom is -0.394 e. The molecule has 0 aliphatic carbocycles. The molecule has 3 rings (SSSR count). The van der Waals surface area contributed by atoms with Gasteiger partial charge in [0, 0.05) is 17.8 Å². The van der Waals surface area contributed by atoms with Gasteiger partial charge in [0.2, 0.25) is 4.96 Å². The van der Waals surface area contributed by atoms with E-state index >= 15 is 0 Å². The number of rotatable bonds is 5. The normalized spacial score (nSPS) is 12.7. The lowest BCUT2D eigenvalue weighted by Crippen LogP contribution is -2.22. The van der Waals surface area contributed by atoms with E-state index in [1.165, 1.54) is 11.3 Å². The van der Waals surface area contributed by atoms with Crippen LogP contribution in [0.2, 0.25) is 0 Å². The lowest BCUT2D eigenvalue weighted by Gasteiger charge is -2.10. The van der Waals surface area contributed by atoms with Crippen molar-refractivity contribution in [3.63, 3.8) is 0 Å². The van der Waals surface area contributed by atoms with Crippen LogP contribution in [0.4, 0.5) is 5.69 Å². The highest BCUT2D eigenvalue weighted by molar-refractivity contribution is 7.19. The van der Waals surface area contributed by atoms with E-state index < -0.39 is 6.10 Å². The van der Waals surface area contributed by atoms with Crippen molar-refractivity contribution in [2.75, 3.05) is 18.5 Å². The molecule has 1 unspecified atom stereocenters. The van der Waals surface area contributed by atoms with Crippen LogP contribution in [0.1, 0.15) is 0 Å². The zero-order valence-corrected chi connectivity index (χ0v) is 11.3. The summed E-state index contributed by atoms with van der Waals surface area (Å²) in [6.45, 7) is 0.0601. The molecule has 7 nitrogen and oxygen atoms in total. The Morgan fingerprint density at radius 3 is 2.80 bits per heavy atom. The summed E-state index contributed by atoms with van der Waals surface area (Å²) in [5.74, 6) is 0.